The maximum absolute atomic E-state index is 2.37. The van der Waals surface area contributed by atoms with Crippen molar-refractivity contribution in [3.05, 3.63) is 44.7 Å². The predicted octanol–water partition coefficient (Wildman–Crippen LogP) is 5.81. The van der Waals surface area contributed by atoms with Gasteiger partial charge in [-0.15, -0.1) is 34.0 Å². The Morgan fingerprint density at radius 3 is 2.06 bits per heavy atom. The molecule has 0 nitrogen and oxygen atoms in total. The Labute approximate surface area is 120 Å². The molecule has 3 heterocycles. The molecule has 3 aromatic heterocycles. The summed E-state index contributed by atoms with van der Waals surface area (Å²) in [5.41, 5.74) is 0. The van der Waals surface area contributed by atoms with Crippen LogP contribution in [-0.2, 0) is 0 Å². The molecule has 3 rings (SSSR count). The summed E-state index contributed by atoms with van der Waals surface area (Å²) in [6, 6.07) is 13.1. The van der Waals surface area contributed by atoms with Gasteiger partial charge in [-0.1, -0.05) is 6.07 Å². The Balaban J connectivity index is 2.00. The van der Waals surface area contributed by atoms with Gasteiger partial charge in [0.2, 0.25) is 0 Å². The quantitative estimate of drug-likeness (QED) is 0.497. The van der Waals surface area contributed by atoms with Crippen molar-refractivity contribution in [3.63, 3.8) is 0 Å². The van der Waals surface area contributed by atoms with E-state index in [0.717, 1.165) is 0 Å². The SMILES string of the molecule is Ic1ccc(-c2ccc(-c3cccs3)s2)s1. The number of hydrogen-bond acceptors (Lipinski definition) is 3. The molecule has 0 radical (unpaired) electrons. The molecule has 0 spiro atoms. The molecule has 0 aliphatic carbocycles. The molecule has 0 N–H and O–H groups in total. The Morgan fingerprint density at radius 2 is 1.44 bits per heavy atom. The molecule has 0 amide bonds. The fourth-order valence-electron chi connectivity index (χ4n) is 1.47. The van der Waals surface area contributed by atoms with Crippen LogP contribution in [0.25, 0.3) is 19.5 Å². The van der Waals surface area contributed by atoms with Crippen LogP contribution in [0, 0.1) is 2.88 Å². The molecule has 4 heteroatoms. The minimum atomic E-state index is 1.35. The summed E-state index contributed by atoms with van der Waals surface area (Å²) in [6.45, 7) is 0. The molecule has 3 aromatic rings. The van der Waals surface area contributed by atoms with Gasteiger partial charge < -0.3 is 0 Å². The van der Waals surface area contributed by atoms with Gasteiger partial charge in [0.15, 0.2) is 0 Å². The average molecular weight is 374 g/mol. The summed E-state index contributed by atoms with van der Waals surface area (Å²) >= 11 is 7.90. The Hall–Kier alpha value is -0.170. The van der Waals surface area contributed by atoms with E-state index < -0.39 is 0 Å². The van der Waals surface area contributed by atoms with Crippen LogP contribution >= 0.6 is 56.6 Å². The monoisotopic (exact) mass is 374 g/mol. The van der Waals surface area contributed by atoms with Gasteiger partial charge in [0.05, 0.1) is 2.88 Å². The molecule has 0 aliphatic rings. The number of thiophene rings is 3. The van der Waals surface area contributed by atoms with E-state index in [4.69, 9.17) is 0 Å². The van der Waals surface area contributed by atoms with Gasteiger partial charge in [-0.25, -0.2) is 0 Å². The van der Waals surface area contributed by atoms with E-state index in [1.165, 1.54) is 22.4 Å². The minimum Gasteiger partial charge on any atom is -0.143 e. The van der Waals surface area contributed by atoms with Crippen molar-refractivity contribution in [2.24, 2.45) is 0 Å². The second-order valence-electron chi connectivity index (χ2n) is 3.24. The lowest BCUT2D eigenvalue weighted by Crippen LogP contribution is -1.57. The molecule has 0 aromatic carbocycles. The lowest BCUT2D eigenvalue weighted by atomic mass is 10.3. The van der Waals surface area contributed by atoms with Crippen LogP contribution in [0.5, 0.6) is 0 Å². The molecular formula is C12H7IS3. The smallest absolute Gasteiger partial charge is 0.0660 e. The fourth-order valence-corrected chi connectivity index (χ4v) is 5.02. The first-order valence-corrected chi connectivity index (χ1v) is 8.31. The van der Waals surface area contributed by atoms with Gasteiger partial charge in [0, 0.05) is 19.5 Å². The van der Waals surface area contributed by atoms with Crippen molar-refractivity contribution in [3.8, 4) is 19.5 Å². The molecule has 0 unspecified atom stereocenters. The van der Waals surface area contributed by atoms with Crippen LogP contribution in [0.2, 0.25) is 0 Å². The molecule has 0 aliphatic heterocycles. The van der Waals surface area contributed by atoms with Gasteiger partial charge in [-0.05, 0) is 58.3 Å². The van der Waals surface area contributed by atoms with E-state index >= 15 is 0 Å². The fraction of sp³-hybridized carbons (Fsp3) is 0. The van der Waals surface area contributed by atoms with E-state index in [-0.39, 0.29) is 0 Å². The molecule has 0 saturated heterocycles. The molecule has 16 heavy (non-hydrogen) atoms. The van der Waals surface area contributed by atoms with Gasteiger partial charge in [0.25, 0.3) is 0 Å². The zero-order valence-electron chi connectivity index (χ0n) is 8.14. The van der Waals surface area contributed by atoms with Crippen LogP contribution in [-0.4, -0.2) is 0 Å². The molecule has 80 valence electrons. The predicted molar refractivity (Wildman–Crippen MR) is 83.7 cm³/mol. The lowest BCUT2D eigenvalue weighted by Gasteiger charge is -1.89. The number of halogens is 1. The third-order valence-corrected chi connectivity index (χ3v) is 6.43. The van der Waals surface area contributed by atoms with E-state index in [2.05, 4.69) is 64.4 Å². The first-order valence-electron chi connectivity index (χ1n) is 4.72. The van der Waals surface area contributed by atoms with Crippen molar-refractivity contribution >= 4 is 56.6 Å². The standard InChI is InChI=1S/C12H7IS3/c13-12-6-5-11(16-12)10-4-3-9(15-10)8-2-1-7-14-8/h1-7H. The second kappa shape index (κ2) is 4.60. The topological polar surface area (TPSA) is 0 Å². The van der Waals surface area contributed by atoms with Gasteiger partial charge in [-0.2, -0.15) is 0 Å². The summed E-state index contributed by atoms with van der Waals surface area (Å²) in [5, 5.41) is 2.13. The highest BCUT2D eigenvalue weighted by Crippen LogP contribution is 2.39. The number of hydrogen-bond donors (Lipinski definition) is 0. The molecule has 0 saturated carbocycles. The molecule has 0 atom stereocenters. The second-order valence-corrected chi connectivity index (χ2v) is 8.25. The highest BCUT2D eigenvalue weighted by Gasteiger charge is 2.07. The zero-order chi connectivity index (χ0) is 11.0. The normalized spacial score (nSPS) is 10.8. The van der Waals surface area contributed by atoms with Gasteiger partial charge >= 0.3 is 0 Å². The van der Waals surface area contributed by atoms with Crippen LogP contribution in [0.3, 0.4) is 0 Å². The average Bonchev–Trinajstić information content (AvgIpc) is 2.97. The van der Waals surface area contributed by atoms with Crippen molar-refractivity contribution in [1.29, 1.82) is 0 Å². The van der Waals surface area contributed by atoms with Crippen LogP contribution in [0.1, 0.15) is 0 Å². The van der Waals surface area contributed by atoms with Crippen molar-refractivity contribution in [1.82, 2.24) is 0 Å². The highest BCUT2D eigenvalue weighted by molar-refractivity contribution is 14.1. The van der Waals surface area contributed by atoms with E-state index in [1.54, 1.807) is 11.3 Å². The van der Waals surface area contributed by atoms with E-state index in [0.29, 0.717) is 0 Å². The summed E-state index contributed by atoms with van der Waals surface area (Å²) in [6.07, 6.45) is 0. The Kier molecular flexibility index (Phi) is 3.15. The third kappa shape index (κ3) is 2.11. The van der Waals surface area contributed by atoms with Gasteiger partial charge in [-0.3, -0.25) is 0 Å². The summed E-state index contributed by atoms with van der Waals surface area (Å²) < 4.78 is 1.35. The molecule has 0 fully saturated rings. The first-order chi connectivity index (χ1) is 7.83. The van der Waals surface area contributed by atoms with Crippen molar-refractivity contribution < 1.29 is 0 Å². The summed E-state index contributed by atoms with van der Waals surface area (Å²) in [5.74, 6) is 0. The van der Waals surface area contributed by atoms with Crippen molar-refractivity contribution in [2.75, 3.05) is 0 Å². The Morgan fingerprint density at radius 1 is 0.750 bits per heavy atom. The van der Waals surface area contributed by atoms with E-state index in [9.17, 15) is 0 Å². The third-order valence-electron chi connectivity index (χ3n) is 2.19. The van der Waals surface area contributed by atoms with Crippen LogP contribution in [0.4, 0.5) is 0 Å². The number of rotatable bonds is 2. The van der Waals surface area contributed by atoms with Crippen LogP contribution in [0.15, 0.2) is 41.8 Å². The minimum absolute atomic E-state index is 1.35. The van der Waals surface area contributed by atoms with E-state index in [1.807, 2.05) is 22.7 Å². The highest BCUT2D eigenvalue weighted by atomic mass is 127. The first kappa shape index (κ1) is 11.0. The maximum Gasteiger partial charge on any atom is 0.0660 e. The lowest BCUT2D eigenvalue weighted by molar-refractivity contribution is 1.90. The summed E-state index contributed by atoms with van der Waals surface area (Å²) in [7, 11) is 0. The maximum atomic E-state index is 2.37. The molecule has 0 bridgehead atoms. The molecular weight excluding hydrogens is 367 g/mol. The zero-order valence-corrected chi connectivity index (χ0v) is 12.8. The largest absolute Gasteiger partial charge is 0.143 e. The Bertz CT molecular complexity index is 589. The van der Waals surface area contributed by atoms with Gasteiger partial charge in [0.1, 0.15) is 0 Å². The van der Waals surface area contributed by atoms with Crippen LogP contribution < -0.4 is 0 Å². The summed E-state index contributed by atoms with van der Waals surface area (Å²) in [4.78, 5) is 5.48. The van der Waals surface area contributed by atoms with Crippen molar-refractivity contribution in [2.45, 2.75) is 0 Å².